The quantitative estimate of drug-likeness (QED) is 0.797. The zero-order chi connectivity index (χ0) is 19.5. The lowest BCUT2D eigenvalue weighted by Crippen LogP contribution is -2.32. The van der Waals surface area contributed by atoms with E-state index >= 15 is 0 Å². The Balaban J connectivity index is 1.30. The monoisotopic (exact) mass is 398 g/mol. The number of amides is 2. The maximum Gasteiger partial charge on any atom is 0.260 e. The van der Waals surface area contributed by atoms with Crippen LogP contribution in [0, 0.1) is 5.92 Å². The summed E-state index contributed by atoms with van der Waals surface area (Å²) in [5.74, 6) is 0.814. The summed E-state index contributed by atoms with van der Waals surface area (Å²) >= 11 is 5.93. The van der Waals surface area contributed by atoms with E-state index in [1.165, 1.54) is 0 Å². The zero-order valence-electron chi connectivity index (χ0n) is 15.6. The van der Waals surface area contributed by atoms with Crippen LogP contribution in [0.1, 0.15) is 30.7 Å². The normalized spacial score (nSPS) is 20.7. The van der Waals surface area contributed by atoms with Crippen LogP contribution >= 0.6 is 11.6 Å². The largest absolute Gasteiger partial charge is 0.484 e. The molecule has 1 N–H and O–H groups in total. The highest BCUT2D eigenvalue weighted by molar-refractivity contribution is 6.30. The first kappa shape index (κ1) is 18.8. The van der Waals surface area contributed by atoms with E-state index in [0.717, 1.165) is 37.9 Å². The highest BCUT2D eigenvalue weighted by Crippen LogP contribution is 2.48. The second kappa shape index (κ2) is 8.23. The summed E-state index contributed by atoms with van der Waals surface area (Å²) in [6.07, 6.45) is 2.96. The van der Waals surface area contributed by atoms with E-state index in [-0.39, 0.29) is 30.3 Å². The molecule has 0 bridgehead atoms. The summed E-state index contributed by atoms with van der Waals surface area (Å²) in [5.41, 5.74) is 1.82. The molecule has 4 rings (SSSR count). The van der Waals surface area contributed by atoms with Gasteiger partial charge < -0.3 is 15.0 Å². The topological polar surface area (TPSA) is 58.6 Å². The molecule has 1 saturated carbocycles. The van der Waals surface area contributed by atoms with E-state index in [9.17, 15) is 9.59 Å². The molecule has 28 heavy (non-hydrogen) atoms. The van der Waals surface area contributed by atoms with Crippen LogP contribution in [0.4, 0.5) is 5.69 Å². The predicted octanol–water partition coefficient (Wildman–Crippen LogP) is 4.08. The van der Waals surface area contributed by atoms with E-state index in [2.05, 4.69) is 5.32 Å². The summed E-state index contributed by atoms with van der Waals surface area (Å²) in [6, 6.07) is 14.9. The molecular formula is C22H23ClN2O3. The molecule has 0 radical (unpaired) electrons. The number of anilines is 1. The van der Waals surface area contributed by atoms with Gasteiger partial charge in [-0.25, -0.2) is 0 Å². The van der Waals surface area contributed by atoms with Crippen LogP contribution < -0.4 is 10.1 Å². The van der Waals surface area contributed by atoms with Crippen LogP contribution in [0.3, 0.4) is 0 Å². The summed E-state index contributed by atoms with van der Waals surface area (Å²) in [4.78, 5) is 26.5. The van der Waals surface area contributed by atoms with Crippen LogP contribution in [0.5, 0.6) is 5.75 Å². The SMILES string of the molecule is O=C(Nc1cccc(OCC(=O)N2CCCC2)c1)C1CC1c1ccc(Cl)cc1. The van der Waals surface area contributed by atoms with E-state index in [0.29, 0.717) is 16.5 Å². The van der Waals surface area contributed by atoms with Crippen LogP contribution in [-0.2, 0) is 9.59 Å². The highest BCUT2D eigenvalue weighted by Gasteiger charge is 2.43. The average molecular weight is 399 g/mol. The maximum absolute atomic E-state index is 12.5. The summed E-state index contributed by atoms with van der Waals surface area (Å²) in [5, 5.41) is 3.66. The third-order valence-electron chi connectivity index (χ3n) is 5.35. The lowest BCUT2D eigenvalue weighted by atomic mass is 10.1. The number of carbonyl (C=O) groups is 2. The van der Waals surface area contributed by atoms with Gasteiger partial charge in [-0.15, -0.1) is 0 Å². The van der Waals surface area contributed by atoms with Gasteiger partial charge in [0.05, 0.1) is 0 Å². The molecule has 2 aliphatic rings. The molecular weight excluding hydrogens is 376 g/mol. The fourth-order valence-corrected chi connectivity index (χ4v) is 3.79. The Bertz CT molecular complexity index is 862. The number of nitrogens with one attached hydrogen (secondary N) is 1. The summed E-state index contributed by atoms with van der Waals surface area (Å²) in [6.45, 7) is 1.65. The second-order valence-electron chi connectivity index (χ2n) is 7.39. The predicted molar refractivity (Wildman–Crippen MR) is 109 cm³/mol. The van der Waals surface area contributed by atoms with Crippen molar-refractivity contribution in [2.75, 3.05) is 25.0 Å². The first-order valence-corrected chi connectivity index (χ1v) is 10.0. The number of carbonyl (C=O) groups excluding carboxylic acids is 2. The number of nitrogens with zero attached hydrogens (tertiary/aromatic N) is 1. The summed E-state index contributed by atoms with van der Waals surface area (Å²) in [7, 11) is 0. The third-order valence-corrected chi connectivity index (χ3v) is 5.60. The molecule has 2 atom stereocenters. The number of benzene rings is 2. The molecule has 2 fully saturated rings. The van der Waals surface area contributed by atoms with Gasteiger partial charge in [0.15, 0.2) is 6.61 Å². The van der Waals surface area contributed by atoms with Gasteiger partial charge in [-0.3, -0.25) is 9.59 Å². The van der Waals surface area contributed by atoms with Crippen molar-refractivity contribution in [2.24, 2.45) is 5.92 Å². The molecule has 146 valence electrons. The summed E-state index contributed by atoms with van der Waals surface area (Å²) < 4.78 is 5.63. The first-order valence-electron chi connectivity index (χ1n) is 9.67. The minimum Gasteiger partial charge on any atom is -0.484 e. The lowest BCUT2D eigenvalue weighted by molar-refractivity contribution is -0.132. The van der Waals surface area contributed by atoms with Crippen molar-refractivity contribution in [1.29, 1.82) is 0 Å². The van der Waals surface area contributed by atoms with Gasteiger partial charge in [-0.2, -0.15) is 0 Å². The molecule has 2 aromatic carbocycles. The molecule has 1 saturated heterocycles. The fourth-order valence-electron chi connectivity index (χ4n) is 3.66. The van der Waals surface area contributed by atoms with E-state index in [1.54, 1.807) is 12.1 Å². The molecule has 0 spiro atoms. The third kappa shape index (κ3) is 4.47. The van der Waals surface area contributed by atoms with Gasteiger partial charge in [-0.1, -0.05) is 29.8 Å². The van der Waals surface area contributed by atoms with E-state index in [1.807, 2.05) is 41.3 Å². The smallest absolute Gasteiger partial charge is 0.260 e. The van der Waals surface area contributed by atoms with Gasteiger partial charge in [0.2, 0.25) is 5.91 Å². The molecule has 1 aliphatic carbocycles. The Morgan fingerprint density at radius 3 is 2.61 bits per heavy atom. The molecule has 5 nitrogen and oxygen atoms in total. The highest BCUT2D eigenvalue weighted by atomic mass is 35.5. The van der Waals surface area contributed by atoms with Crippen LogP contribution in [0.25, 0.3) is 0 Å². The Hall–Kier alpha value is -2.53. The Labute approximate surface area is 169 Å². The minimum absolute atomic E-state index is 0.00485. The van der Waals surface area contributed by atoms with E-state index < -0.39 is 0 Å². The average Bonchev–Trinajstić information content (AvgIpc) is 3.31. The van der Waals surface area contributed by atoms with Gasteiger partial charge in [0.25, 0.3) is 5.91 Å². The number of halogens is 1. The molecule has 2 amide bonds. The zero-order valence-corrected chi connectivity index (χ0v) is 16.3. The molecule has 0 aromatic heterocycles. The Morgan fingerprint density at radius 2 is 1.86 bits per heavy atom. The lowest BCUT2D eigenvalue weighted by Gasteiger charge is -2.15. The molecule has 2 aromatic rings. The second-order valence-corrected chi connectivity index (χ2v) is 7.83. The molecule has 1 heterocycles. The number of hydrogen-bond acceptors (Lipinski definition) is 3. The fraction of sp³-hybridized carbons (Fsp3) is 0.364. The van der Waals surface area contributed by atoms with Crippen molar-refractivity contribution in [2.45, 2.75) is 25.2 Å². The first-order chi connectivity index (χ1) is 13.6. The van der Waals surface area contributed by atoms with Gasteiger partial charge in [0, 0.05) is 35.8 Å². The number of likely N-dealkylation sites (tertiary alicyclic amines) is 1. The van der Waals surface area contributed by atoms with Gasteiger partial charge in [0.1, 0.15) is 5.75 Å². The molecule has 6 heteroatoms. The maximum atomic E-state index is 12.5. The number of ether oxygens (including phenoxy) is 1. The molecule has 2 unspecified atom stereocenters. The number of rotatable bonds is 6. The van der Waals surface area contributed by atoms with Crippen molar-refractivity contribution >= 4 is 29.1 Å². The minimum atomic E-state index is -0.0255. The van der Waals surface area contributed by atoms with Crippen LogP contribution in [0.15, 0.2) is 48.5 Å². The Morgan fingerprint density at radius 1 is 1.11 bits per heavy atom. The number of hydrogen-bond donors (Lipinski definition) is 1. The van der Waals surface area contributed by atoms with E-state index in [4.69, 9.17) is 16.3 Å². The van der Waals surface area contributed by atoms with Crippen molar-refractivity contribution in [3.05, 3.63) is 59.1 Å². The Kier molecular flexibility index (Phi) is 5.53. The van der Waals surface area contributed by atoms with Crippen molar-refractivity contribution in [3.8, 4) is 5.75 Å². The molecule has 1 aliphatic heterocycles. The van der Waals surface area contributed by atoms with Gasteiger partial charge >= 0.3 is 0 Å². The standard InChI is InChI=1S/C22H23ClN2O3/c23-16-8-6-15(7-9-16)19-13-20(19)22(27)24-17-4-3-5-18(12-17)28-14-21(26)25-10-1-2-11-25/h3-9,12,19-20H,1-2,10-11,13-14H2,(H,24,27). The van der Waals surface area contributed by atoms with Gasteiger partial charge in [-0.05, 0) is 55.0 Å². The van der Waals surface area contributed by atoms with Crippen molar-refractivity contribution < 1.29 is 14.3 Å². The van der Waals surface area contributed by atoms with Crippen molar-refractivity contribution in [1.82, 2.24) is 4.90 Å². The van der Waals surface area contributed by atoms with Crippen molar-refractivity contribution in [3.63, 3.8) is 0 Å². The van der Waals surface area contributed by atoms with Crippen LogP contribution in [0.2, 0.25) is 5.02 Å². The van der Waals surface area contributed by atoms with Crippen LogP contribution in [-0.4, -0.2) is 36.4 Å².